The first-order valence-electron chi connectivity index (χ1n) is 5.50. The summed E-state index contributed by atoms with van der Waals surface area (Å²) in [6.07, 6.45) is 6.38. The Hall–Kier alpha value is 0.0700. The third-order valence-electron chi connectivity index (χ3n) is 2.79. The minimum atomic E-state index is -0.937. The van der Waals surface area contributed by atoms with Gasteiger partial charge in [-0.3, -0.25) is 4.21 Å². The van der Waals surface area contributed by atoms with Crippen LogP contribution >= 0.6 is 0 Å². The van der Waals surface area contributed by atoms with Crippen LogP contribution in [-0.4, -0.2) is 28.3 Å². The van der Waals surface area contributed by atoms with Gasteiger partial charge in [0.2, 0.25) is 0 Å². The van der Waals surface area contributed by atoms with Gasteiger partial charge < -0.3 is 9.47 Å². The third kappa shape index (κ3) is 2.55. The number of rotatable bonds is 2. The zero-order valence-electron chi connectivity index (χ0n) is 8.44. The zero-order valence-corrected chi connectivity index (χ0v) is 9.26. The van der Waals surface area contributed by atoms with Crippen LogP contribution in [0.3, 0.4) is 0 Å². The van der Waals surface area contributed by atoms with Gasteiger partial charge in [-0.1, -0.05) is 0 Å². The molecule has 0 aromatic carbocycles. The van der Waals surface area contributed by atoms with Crippen molar-refractivity contribution in [2.75, 3.05) is 13.2 Å². The summed E-state index contributed by atoms with van der Waals surface area (Å²) in [5.74, 6) is 0. The molecule has 0 spiro atoms. The molecule has 2 atom stereocenters. The Labute approximate surface area is 87.6 Å². The van der Waals surface area contributed by atoms with Crippen LogP contribution < -0.4 is 0 Å². The van der Waals surface area contributed by atoms with E-state index in [2.05, 4.69) is 0 Å². The lowest BCUT2D eigenvalue weighted by Gasteiger charge is -2.28. The predicted molar refractivity (Wildman–Crippen MR) is 55.3 cm³/mol. The monoisotopic (exact) mass is 218 g/mol. The lowest BCUT2D eigenvalue weighted by atomic mass is 10.2. The highest BCUT2D eigenvalue weighted by atomic mass is 32.2. The van der Waals surface area contributed by atoms with Gasteiger partial charge in [-0.25, -0.2) is 0 Å². The highest BCUT2D eigenvalue weighted by Gasteiger charge is 2.29. The summed E-state index contributed by atoms with van der Waals surface area (Å²) >= 11 is 0. The van der Waals surface area contributed by atoms with Gasteiger partial charge in [-0.15, -0.1) is 0 Å². The van der Waals surface area contributed by atoms with Crippen LogP contribution in [0.5, 0.6) is 0 Å². The molecule has 0 saturated carbocycles. The van der Waals surface area contributed by atoms with Crippen LogP contribution in [0.1, 0.15) is 38.5 Å². The molecule has 0 aliphatic carbocycles. The van der Waals surface area contributed by atoms with Crippen molar-refractivity contribution in [2.45, 2.75) is 49.4 Å². The molecule has 2 rings (SSSR count). The molecule has 0 bridgehead atoms. The second-order valence-corrected chi connectivity index (χ2v) is 5.63. The predicted octanol–water partition coefficient (Wildman–Crippen LogP) is 1.79. The minimum Gasteiger partial charge on any atom is -0.365 e. The van der Waals surface area contributed by atoms with Crippen molar-refractivity contribution in [2.24, 2.45) is 0 Å². The molecular formula is C10H18O3S. The van der Waals surface area contributed by atoms with E-state index in [1.807, 2.05) is 0 Å². The topological polar surface area (TPSA) is 35.5 Å². The summed E-state index contributed by atoms with van der Waals surface area (Å²) in [6.45, 7) is 1.53. The average molecular weight is 218 g/mol. The quantitative estimate of drug-likeness (QED) is 0.709. The fraction of sp³-hybridized carbons (Fsp3) is 1.00. The molecule has 4 heteroatoms. The summed E-state index contributed by atoms with van der Waals surface area (Å²) < 4.78 is 23.0. The molecule has 2 aliphatic heterocycles. The van der Waals surface area contributed by atoms with Gasteiger partial charge in [-0.2, -0.15) is 0 Å². The maximum Gasteiger partial charge on any atom is 0.135 e. The number of hydrogen-bond donors (Lipinski definition) is 0. The van der Waals surface area contributed by atoms with E-state index < -0.39 is 10.8 Å². The van der Waals surface area contributed by atoms with Gasteiger partial charge in [0.1, 0.15) is 10.9 Å². The van der Waals surface area contributed by atoms with Crippen molar-refractivity contribution >= 4 is 10.8 Å². The first-order chi connectivity index (χ1) is 6.88. The van der Waals surface area contributed by atoms with Gasteiger partial charge >= 0.3 is 0 Å². The fourth-order valence-electron chi connectivity index (χ4n) is 1.96. The fourth-order valence-corrected chi connectivity index (χ4v) is 3.56. The van der Waals surface area contributed by atoms with E-state index in [0.717, 1.165) is 51.7 Å². The van der Waals surface area contributed by atoms with Crippen molar-refractivity contribution in [1.82, 2.24) is 0 Å². The van der Waals surface area contributed by atoms with Crippen molar-refractivity contribution in [3.63, 3.8) is 0 Å². The molecule has 3 nitrogen and oxygen atoms in total. The van der Waals surface area contributed by atoms with Gasteiger partial charge in [0.05, 0.1) is 10.8 Å². The molecule has 14 heavy (non-hydrogen) atoms. The number of ether oxygens (including phenoxy) is 2. The van der Waals surface area contributed by atoms with Gasteiger partial charge in [-0.05, 0) is 38.5 Å². The molecule has 2 saturated heterocycles. The van der Waals surface area contributed by atoms with Crippen molar-refractivity contribution in [3.8, 4) is 0 Å². The molecule has 0 amide bonds. The first kappa shape index (κ1) is 10.6. The molecular weight excluding hydrogens is 200 g/mol. The molecule has 82 valence electrons. The summed E-state index contributed by atoms with van der Waals surface area (Å²) in [7, 11) is -0.937. The first-order valence-corrected chi connectivity index (χ1v) is 6.78. The summed E-state index contributed by atoms with van der Waals surface area (Å²) in [4.78, 5) is 0. The van der Waals surface area contributed by atoms with E-state index in [1.165, 1.54) is 0 Å². The average Bonchev–Trinajstić information content (AvgIpc) is 2.30. The summed E-state index contributed by atoms with van der Waals surface area (Å²) in [5, 5.41) is 0. The molecule has 2 fully saturated rings. The Morgan fingerprint density at radius 2 is 1.36 bits per heavy atom. The SMILES string of the molecule is O=S(C1CCCCO1)C1CCCCO1. The van der Waals surface area contributed by atoms with E-state index in [4.69, 9.17) is 9.47 Å². The highest BCUT2D eigenvalue weighted by Crippen LogP contribution is 2.23. The zero-order chi connectivity index (χ0) is 9.80. The third-order valence-corrected chi connectivity index (χ3v) is 4.57. The number of hydrogen-bond acceptors (Lipinski definition) is 3. The van der Waals surface area contributed by atoms with E-state index >= 15 is 0 Å². The standard InChI is InChI=1S/C10H18O3S/c11-14(9-5-1-3-7-12-9)10-6-2-4-8-13-10/h9-10H,1-8H2. The maximum absolute atomic E-state index is 12.0. The molecule has 0 N–H and O–H groups in total. The van der Waals surface area contributed by atoms with Crippen LogP contribution in [0, 0.1) is 0 Å². The van der Waals surface area contributed by atoms with Crippen LogP contribution in [-0.2, 0) is 20.3 Å². The second-order valence-electron chi connectivity index (χ2n) is 3.92. The largest absolute Gasteiger partial charge is 0.365 e. The van der Waals surface area contributed by atoms with E-state index in [1.54, 1.807) is 0 Å². The van der Waals surface area contributed by atoms with E-state index in [-0.39, 0.29) is 10.9 Å². The van der Waals surface area contributed by atoms with E-state index in [0.29, 0.717) is 0 Å². The molecule has 0 aromatic rings. The Bertz CT molecular complexity index is 176. The van der Waals surface area contributed by atoms with Gasteiger partial charge in [0, 0.05) is 13.2 Å². The lowest BCUT2D eigenvalue weighted by molar-refractivity contribution is 0.0468. The second kappa shape index (κ2) is 5.24. The highest BCUT2D eigenvalue weighted by molar-refractivity contribution is 7.85. The molecule has 2 aliphatic rings. The Morgan fingerprint density at radius 1 is 0.857 bits per heavy atom. The molecule has 0 aromatic heterocycles. The van der Waals surface area contributed by atoms with Crippen LogP contribution in [0.25, 0.3) is 0 Å². The van der Waals surface area contributed by atoms with Crippen molar-refractivity contribution < 1.29 is 13.7 Å². The van der Waals surface area contributed by atoms with Crippen molar-refractivity contribution in [3.05, 3.63) is 0 Å². The van der Waals surface area contributed by atoms with Gasteiger partial charge in [0.15, 0.2) is 0 Å². The smallest absolute Gasteiger partial charge is 0.135 e. The Kier molecular flexibility index (Phi) is 3.96. The normalized spacial score (nSPS) is 36.6. The lowest BCUT2D eigenvalue weighted by Crippen LogP contribution is -2.34. The Balaban J connectivity index is 1.85. The van der Waals surface area contributed by atoms with Crippen molar-refractivity contribution in [1.29, 1.82) is 0 Å². The molecule has 2 unspecified atom stereocenters. The van der Waals surface area contributed by atoms with Crippen LogP contribution in [0.15, 0.2) is 0 Å². The Morgan fingerprint density at radius 3 is 1.71 bits per heavy atom. The maximum atomic E-state index is 12.0. The summed E-state index contributed by atoms with van der Waals surface area (Å²) in [5.41, 5.74) is -0.126. The van der Waals surface area contributed by atoms with Crippen LogP contribution in [0.4, 0.5) is 0 Å². The molecule has 0 radical (unpaired) electrons. The summed E-state index contributed by atoms with van der Waals surface area (Å²) in [6, 6.07) is 0. The minimum absolute atomic E-state index is 0.0631. The van der Waals surface area contributed by atoms with Gasteiger partial charge in [0.25, 0.3) is 0 Å². The van der Waals surface area contributed by atoms with E-state index in [9.17, 15) is 4.21 Å². The molecule has 2 heterocycles. The van der Waals surface area contributed by atoms with Crippen LogP contribution in [0.2, 0.25) is 0 Å².